The van der Waals surface area contributed by atoms with Gasteiger partial charge in [0, 0.05) is 27.1 Å². The fourth-order valence-corrected chi connectivity index (χ4v) is 1.45. The lowest BCUT2D eigenvalue weighted by atomic mass is 10.0. The van der Waals surface area contributed by atoms with Crippen LogP contribution in [0.1, 0.15) is 26.7 Å². The van der Waals surface area contributed by atoms with Crippen LogP contribution in [-0.4, -0.2) is 50.6 Å². The summed E-state index contributed by atoms with van der Waals surface area (Å²) in [5, 5.41) is 3.07. The standard InChI is InChI=1S/C12H24N2O3/c1-9(2)8-10(12(16)17-5)13-7-6-11(15)14(3)4/h9-10,13H,6-8H2,1-5H3. The van der Waals surface area contributed by atoms with Crippen molar-refractivity contribution < 1.29 is 14.3 Å². The Bertz CT molecular complexity index is 252. The summed E-state index contributed by atoms with van der Waals surface area (Å²) in [6.07, 6.45) is 1.10. The van der Waals surface area contributed by atoms with Crippen molar-refractivity contribution in [2.45, 2.75) is 32.7 Å². The number of amides is 1. The monoisotopic (exact) mass is 244 g/mol. The molecule has 1 atom stereocenters. The Morgan fingerprint density at radius 1 is 1.29 bits per heavy atom. The van der Waals surface area contributed by atoms with E-state index in [1.807, 2.05) is 13.8 Å². The molecule has 5 heteroatoms. The van der Waals surface area contributed by atoms with E-state index in [4.69, 9.17) is 4.74 Å². The average Bonchev–Trinajstić information content (AvgIpc) is 2.25. The van der Waals surface area contributed by atoms with Crippen molar-refractivity contribution in [2.24, 2.45) is 5.92 Å². The van der Waals surface area contributed by atoms with Gasteiger partial charge in [0.2, 0.25) is 5.91 Å². The molecule has 0 rings (SSSR count). The smallest absolute Gasteiger partial charge is 0.322 e. The SMILES string of the molecule is COC(=O)C(CC(C)C)NCCC(=O)N(C)C. The summed E-state index contributed by atoms with van der Waals surface area (Å²) in [4.78, 5) is 24.4. The van der Waals surface area contributed by atoms with E-state index in [0.717, 1.165) is 0 Å². The predicted molar refractivity (Wildman–Crippen MR) is 66.6 cm³/mol. The molecule has 1 unspecified atom stereocenters. The van der Waals surface area contributed by atoms with Crippen LogP contribution < -0.4 is 5.32 Å². The van der Waals surface area contributed by atoms with Crippen molar-refractivity contribution in [1.29, 1.82) is 0 Å². The molecule has 5 nitrogen and oxygen atoms in total. The average molecular weight is 244 g/mol. The van der Waals surface area contributed by atoms with E-state index in [1.54, 1.807) is 14.1 Å². The van der Waals surface area contributed by atoms with Crippen molar-refractivity contribution in [3.05, 3.63) is 0 Å². The number of hydrogen-bond acceptors (Lipinski definition) is 4. The fraction of sp³-hybridized carbons (Fsp3) is 0.833. The second-order valence-corrected chi connectivity index (χ2v) is 4.70. The molecule has 0 aromatic rings. The van der Waals surface area contributed by atoms with Crippen LogP contribution in [0.5, 0.6) is 0 Å². The maximum Gasteiger partial charge on any atom is 0.322 e. The number of rotatable bonds is 7. The Kier molecular flexibility index (Phi) is 7.54. The number of ether oxygens (including phenoxy) is 1. The van der Waals surface area contributed by atoms with E-state index in [9.17, 15) is 9.59 Å². The predicted octanol–water partition coefficient (Wildman–Crippen LogP) is 0.642. The number of methoxy groups -OCH3 is 1. The molecule has 0 aliphatic carbocycles. The number of nitrogens with one attached hydrogen (secondary N) is 1. The topological polar surface area (TPSA) is 58.6 Å². The summed E-state index contributed by atoms with van der Waals surface area (Å²) in [7, 11) is 4.81. The van der Waals surface area contributed by atoms with Gasteiger partial charge in [0.15, 0.2) is 0 Å². The third-order valence-electron chi connectivity index (χ3n) is 2.42. The summed E-state index contributed by atoms with van der Waals surface area (Å²) in [6, 6.07) is -0.324. The van der Waals surface area contributed by atoms with Gasteiger partial charge in [0.05, 0.1) is 7.11 Å². The summed E-state index contributed by atoms with van der Waals surface area (Å²) in [5.41, 5.74) is 0. The van der Waals surface area contributed by atoms with Crippen molar-refractivity contribution in [3.8, 4) is 0 Å². The van der Waals surface area contributed by atoms with E-state index in [-0.39, 0.29) is 17.9 Å². The maximum absolute atomic E-state index is 11.5. The maximum atomic E-state index is 11.5. The number of hydrogen-bond donors (Lipinski definition) is 1. The van der Waals surface area contributed by atoms with Crippen LogP contribution in [0.4, 0.5) is 0 Å². The molecule has 17 heavy (non-hydrogen) atoms. The lowest BCUT2D eigenvalue weighted by molar-refractivity contribution is -0.143. The minimum absolute atomic E-state index is 0.0469. The molecule has 0 saturated carbocycles. The van der Waals surface area contributed by atoms with Gasteiger partial charge < -0.3 is 15.0 Å². The van der Waals surface area contributed by atoms with E-state index in [0.29, 0.717) is 25.3 Å². The van der Waals surface area contributed by atoms with Crippen LogP contribution >= 0.6 is 0 Å². The number of carbonyl (C=O) groups is 2. The third-order valence-corrected chi connectivity index (χ3v) is 2.42. The highest BCUT2D eigenvalue weighted by atomic mass is 16.5. The molecule has 1 N–H and O–H groups in total. The zero-order valence-electron chi connectivity index (χ0n) is 11.4. The van der Waals surface area contributed by atoms with Gasteiger partial charge in [-0.2, -0.15) is 0 Å². The fourth-order valence-electron chi connectivity index (χ4n) is 1.45. The molecule has 0 heterocycles. The van der Waals surface area contributed by atoms with Gasteiger partial charge in [0.1, 0.15) is 6.04 Å². The lowest BCUT2D eigenvalue weighted by Gasteiger charge is -2.18. The molecule has 0 bridgehead atoms. The van der Waals surface area contributed by atoms with Crippen LogP contribution in [0, 0.1) is 5.92 Å². The van der Waals surface area contributed by atoms with Crippen LogP contribution in [0.2, 0.25) is 0 Å². The second-order valence-electron chi connectivity index (χ2n) is 4.70. The molecule has 100 valence electrons. The minimum atomic E-state index is -0.324. The third kappa shape index (κ3) is 6.94. The molecule has 0 aromatic heterocycles. The molecule has 0 saturated heterocycles. The summed E-state index contributed by atoms with van der Waals surface area (Å²) in [5.74, 6) is 0.179. The Morgan fingerprint density at radius 2 is 1.88 bits per heavy atom. The van der Waals surface area contributed by atoms with Crippen molar-refractivity contribution in [1.82, 2.24) is 10.2 Å². The van der Waals surface area contributed by atoms with E-state index < -0.39 is 0 Å². The Balaban J connectivity index is 4.08. The van der Waals surface area contributed by atoms with E-state index >= 15 is 0 Å². The molecule has 0 fully saturated rings. The van der Waals surface area contributed by atoms with E-state index in [2.05, 4.69) is 5.32 Å². The van der Waals surface area contributed by atoms with Gasteiger partial charge >= 0.3 is 5.97 Å². The molecule has 0 aromatic carbocycles. The van der Waals surface area contributed by atoms with Crippen LogP contribution in [0.25, 0.3) is 0 Å². The molecule has 0 spiro atoms. The minimum Gasteiger partial charge on any atom is -0.468 e. The highest BCUT2D eigenvalue weighted by Crippen LogP contribution is 2.06. The highest BCUT2D eigenvalue weighted by Gasteiger charge is 2.19. The van der Waals surface area contributed by atoms with Gasteiger partial charge in [-0.15, -0.1) is 0 Å². The van der Waals surface area contributed by atoms with E-state index in [1.165, 1.54) is 12.0 Å². The van der Waals surface area contributed by atoms with Crippen LogP contribution in [0.3, 0.4) is 0 Å². The first-order valence-corrected chi connectivity index (χ1v) is 5.89. The van der Waals surface area contributed by atoms with Crippen LogP contribution in [0.15, 0.2) is 0 Å². The zero-order valence-corrected chi connectivity index (χ0v) is 11.4. The summed E-state index contributed by atoms with van der Waals surface area (Å²) >= 11 is 0. The highest BCUT2D eigenvalue weighted by molar-refractivity contribution is 5.77. The molecule has 0 aliphatic rings. The van der Waals surface area contributed by atoms with Gasteiger partial charge in [0.25, 0.3) is 0 Å². The Hall–Kier alpha value is -1.10. The van der Waals surface area contributed by atoms with Gasteiger partial charge in [-0.05, 0) is 12.3 Å². The first-order chi connectivity index (χ1) is 7.88. The number of nitrogens with zero attached hydrogens (tertiary/aromatic N) is 1. The van der Waals surface area contributed by atoms with Crippen LogP contribution in [-0.2, 0) is 14.3 Å². The number of esters is 1. The lowest BCUT2D eigenvalue weighted by Crippen LogP contribution is -2.40. The first kappa shape index (κ1) is 15.9. The largest absolute Gasteiger partial charge is 0.468 e. The Labute approximate surface area is 103 Å². The molecule has 1 amide bonds. The van der Waals surface area contributed by atoms with Gasteiger partial charge in [-0.25, -0.2) is 0 Å². The molecule has 0 aliphatic heterocycles. The van der Waals surface area contributed by atoms with Crippen molar-refractivity contribution >= 4 is 11.9 Å². The normalized spacial score (nSPS) is 12.4. The first-order valence-electron chi connectivity index (χ1n) is 5.89. The summed E-state index contributed by atoms with van der Waals surface area (Å²) in [6.45, 7) is 4.58. The number of carbonyl (C=O) groups excluding carboxylic acids is 2. The van der Waals surface area contributed by atoms with Gasteiger partial charge in [-0.1, -0.05) is 13.8 Å². The van der Waals surface area contributed by atoms with Crippen molar-refractivity contribution in [3.63, 3.8) is 0 Å². The quantitative estimate of drug-likeness (QED) is 0.668. The molecule has 0 radical (unpaired) electrons. The molecular weight excluding hydrogens is 220 g/mol. The summed E-state index contributed by atoms with van der Waals surface area (Å²) < 4.78 is 4.72. The van der Waals surface area contributed by atoms with Gasteiger partial charge in [-0.3, -0.25) is 9.59 Å². The molecular formula is C12H24N2O3. The Morgan fingerprint density at radius 3 is 2.29 bits per heavy atom. The van der Waals surface area contributed by atoms with Crippen molar-refractivity contribution in [2.75, 3.05) is 27.7 Å². The zero-order chi connectivity index (χ0) is 13.4. The second kappa shape index (κ2) is 8.06.